The third kappa shape index (κ3) is 2.47. The zero-order chi connectivity index (χ0) is 14.4. The first-order valence-electron chi connectivity index (χ1n) is 7.16. The number of aromatic nitrogens is 2. The van der Waals surface area contributed by atoms with Crippen LogP contribution in [-0.2, 0) is 4.74 Å². The standard InChI is InChI=1S/C16H14ClIN2O/c17-15-13(18)14(9-4-2-1-3-5-9)19-16(20-15)11-8-10-6-7-12(11)21-10/h1-5,10-12H,6-8H2. The monoisotopic (exact) mass is 412 g/mol. The number of hydrogen-bond acceptors (Lipinski definition) is 3. The summed E-state index contributed by atoms with van der Waals surface area (Å²) in [6.07, 6.45) is 3.97. The van der Waals surface area contributed by atoms with Gasteiger partial charge in [-0.1, -0.05) is 41.9 Å². The van der Waals surface area contributed by atoms with Gasteiger partial charge in [-0.15, -0.1) is 0 Å². The average Bonchev–Trinajstić information content (AvgIpc) is 3.13. The molecule has 0 aliphatic carbocycles. The fourth-order valence-electron chi connectivity index (χ4n) is 3.30. The van der Waals surface area contributed by atoms with Gasteiger partial charge in [0.25, 0.3) is 0 Å². The molecule has 2 saturated heterocycles. The van der Waals surface area contributed by atoms with Crippen LogP contribution >= 0.6 is 34.2 Å². The summed E-state index contributed by atoms with van der Waals surface area (Å²) in [5, 5.41) is 0.544. The molecule has 4 rings (SSSR count). The van der Waals surface area contributed by atoms with Crippen LogP contribution in [0, 0.1) is 3.57 Å². The van der Waals surface area contributed by atoms with Crippen LogP contribution in [0.5, 0.6) is 0 Å². The molecule has 1 aromatic heterocycles. The summed E-state index contributed by atoms with van der Waals surface area (Å²) in [5.41, 5.74) is 2.01. The SMILES string of the molecule is Clc1nc(C2CC3CCC2O3)nc(-c2ccccc2)c1I. The molecule has 3 atom stereocenters. The van der Waals surface area contributed by atoms with Gasteiger partial charge in [-0.2, -0.15) is 0 Å². The Bertz CT molecular complexity index is 679. The van der Waals surface area contributed by atoms with Gasteiger partial charge in [-0.25, -0.2) is 9.97 Å². The first-order valence-corrected chi connectivity index (χ1v) is 8.62. The zero-order valence-electron chi connectivity index (χ0n) is 11.3. The fraction of sp³-hybridized carbons (Fsp3) is 0.375. The number of halogens is 2. The topological polar surface area (TPSA) is 35.0 Å². The highest BCUT2D eigenvalue weighted by molar-refractivity contribution is 14.1. The number of benzene rings is 1. The first-order chi connectivity index (χ1) is 10.2. The van der Waals surface area contributed by atoms with Crippen LogP contribution in [0.4, 0.5) is 0 Å². The summed E-state index contributed by atoms with van der Waals surface area (Å²) in [7, 11) is 0. The number of rotatable bonds is 2. The summed E-state index contributed by atoms with van der Waals surface area (Å²) in [6, 6.07) is 10.1. The zero-order valence-corrected chi connectivity index (χ0v) is 14.2. The third-order valence-electron chi connectivity index (χ3n) is 4.31. The summed E-state index contributed by atoms with van der Waals surface area (Å²) < 4.78 is 6.84. The van der Waals surface area contributed by atoms with E-state index in [-0.39, 0.29) is 6.10 Å². The molecule has 0 N–H and O–H groups in total. The summed E-state index contributed by atoms with van der Waals surface area (Å²) >= 11 is 8.57. The molecule has 21 heavy (non-hydrogen) atoms. The lowest BCUT2D eigenvalue weighted by atomic mass is 9.88. The van der Waals surface area contributed by atoms with E-state index in [1.165, 1.54) is 6.42 Å². The number of hydrogen-bond donors (Lipinski definition) is 0. The third-order valence-corrected chi connectivity index (χ3v) is 5.93. The van der Waals surface area contributed by atoms with E-state index in [1.54, 1.807) is 0 Å². The molecule has 3 nitrogen and oxygen atoms in total. The minimum absolute atomic E-state index is 0.273. The van der Waals surface area contributed by atoms with Gasteiger partial charge in [0.1, 0.15) is 11.0 Å². The van der Waals surface area contributed by atoms with Crippen LogP contribution in [0.2, 0.25) is 5.15 Å². The van der Waals surface area contributed by atoms with E-state index in [4.69, 9.17) is 21.3 Å². The van der Waals surface area contributed by atoms with Crippen LogP contribution < -0.4 is 0 Å². The maximum Gasteiger partial charge on any atom is 0.146 e. The lowest BCUT2D eigenvalue weighted by molar-refractivity contribution is 0.0999. The molecule has 3 heterocycles. The number of ether oxygens (including phenoxy) is 1. The quantitative estimate of drug-likeness (QED) is 0.540. The molecule has 1 aromatic carbocycles. The van der Waals surface area contributed by atoms with Crippen LogP contribution in [0.25, 0.3) is 11.3 Å². The second kappa shape index (κ2) is 5.48. The lowest BCUT2D eigenvalue weighted by Gasteiger charge is -2.18. The van der Waals surface area contributed by atoms with Crippen molar-refractivity contribution in [2.45, 2.75) is 37.4 Å². The Labute approximate surface area is 142 Å². The molecule has 0 saturated carbocycles. The maximum atomic E-state index is 6.35. The Morgan fingerprint density at radius 3 is 2.62 bits per heavy atom. The van der Waals surface area contributed by atoms with Crippen LogP contribution in [0.1, 0.15) is 31.0 Å². The molecular weight excluding hydrogens is 399 g/mol. The molecule has 2 aliphatic rings. The Morgan fingerprint density at radius 2 is 1.95 bits per heavy atom. The van der Waals surface area contributed by atoms with Gasteiger partial charge in [0, 0.05) is 11.5 Å². The molecule has 0 radical (unpaired) electrons. The van der Waals surface area contributed by atoms with Crippen molar-refractivity contribution in [3.63, 3.8) is 0 Å². The molecule has 0 spiro atoms. The van der Waals surface area contributed by atoms with E-state index in [0.717, 1.165) is 33.5 Å². The van der Waals surface area contributed by atoms with Crippen LogP contribution in [0.3, 0.4) is 0 Å². The Balaban J connectivity index is 1.78. The van der Waals surface area contributed by atoms with Gasteiger partial charge >= 0.3 is 0 Å². The Kier molecular flexibility index (Phi) is 3.63. The van der Waals surface area contributed by atoms with Crippen molar-refractivity contribution in [2.75, 3.05) is 0 Å². The van der Waals surface area contributed by atoms with Gasteiger partial charge in [0.15, 0.2) is 0 Å². The normalized spacial score (nSPS) is 27.2. The van der Waals surface area contributed by atoms with E-state index >= 15 is 0 Å². The van der Waals surface area contributed by atoms with E-state index < -0.39 is 0 Å². The van der Waals surface area contributed by atoms with Gasteiger partial charge in [-0.3, -0.25) is 0 Å². The molecule has 108 valence electrons. The average molecular weight is 413 g/mol. The van der Waals surface area contributed by atoms with Crippen LogP contribution in [0.15, 0.2) is 30.3 Å². The highest BCUT2D eigenvalue weighted by Crippen LogP contribution is 2.44. The smallest absolute Gasteiger partial charge is 0.146 e. The summed E-state index contributed by atoms with van der Waals surface area (Å²) in [6.45, 7) is 0. The van der Waals surface area contributed by atoms with Crippen molar-refractivity contribution >= 4 is 34.2 Å². The maximum absolute atomic E-state index is 6.35. The predicted octanol–water partition coefficient (Wildman–Crippen LogP) is 4.44. The molecule has 5 heteroatoms. The van der Waals surface area contributed by atoms with E-state index in [1.807, 2.05) is 18.2 Å². The Hall–Kier alpha value is -0.720. The first kappa shape index (κ1) is 13.9. The summed E-state index contributed by atoms with van der Waals surface area (Å²) in [5.74, 6) is 1.13. The van der Waals surface area contributed by atoms with Crippen molar-refractivity contribution < 1.29 is 4.74 Å². The lowest BCUT2D eigenvalue weighted by Crippen LogP contribution is -2.18. The Morgan fingerprint density at radius 1 is 1.14 bits per heavy atom. The van der Waals surface area contributed by atoms with Crippen molar-refractivity contribution in [1.29, 1.82) is 0 Å². The van der Waals surface area contributed by atoms with Crippen molar-refractivity contribution in [3.8, 4) is 11.3 Å². The van der Waals surface area contributed by atoms with Crippen molar-refractivity contribution in [3.05, 3.63) is 44.9 Å². The second-order valence-electron chi connectivity index (χ2n) is 5.62. The molecule has 2 aromatic rings. The van der Waals surface area contributed by atoms with E-state index in [0.29, 0.717) is 17.2 Å². The minimum atomic E-state index is 0.273. The van der Waals surface area contributed by atoms with Crippen molar-refractivity contribution in [2.24, 2.45) is 0 Å². The highest BCUT2D eigenvalue weighted by atomic mass is 127. The molecule has 0 amide bonds. The molecule has 3 unspecified atom stereocenters. The fourth-order valence-corrected chi connectivity index (χ4v) is 4.03. The molecular formula is C16H14ClIN2O. The van der Waals surface area contributed by atoms with E-state index in [9.17, 15) is 0 Å². The van der Waals surface area contributed by atoms with E-state index in [2.05, 4.69) is 39.7 Å². The second-order valence-corrected chi connectivity index (χ2v) is 7.05. The van der Waals surface area contributed by atoms with Gasteiger partial charge in [0.2, 0.25) is 0 Å². The number of fused-ring (bicyclic) bond motifs is 2. The minimum Gasteiger partial charge on any atom is -0.374 e. The van der Waals surface area contributed by atoms with Crippen molar-refractivity contribution in [1.82, 2.24) is 9.97 Å². The summed E-state index contributed by atoms with van der Waals surface area (Å²) in [4.78, 5) is 9.35. The predicted molar refractivity (Wildman–Crippen MR) is 90.4 cm³/mol. The molecule has 2 fully saturated rings. The van der Waals surface area contributed by atoms with Crippen LogP contribution in [-0.4, -0.2) is 22.2 Å². The highest BCUT2D eigenvalue weighted by Gasteiger charge is 2.43. The van der Waals surface area contributed by atoms with Gasteiger partial charge in [-0.05, 0) is 41.9 Å². The number of nitrogens with zero attached hydrogens (tertiary/aromatic N) is 2. The largest absolute Gasteiger partial charge is 0.374 e. The van der Waals surface area contributed by atoms with Gasteiger partial charge < -0.3 is 4.74 Å². The van der Waals surface area contributed by atoms with Gasteiger partial charge in [0.05, 0.1) is 21.5 Å². The molecule has 2 bridgehead atoms. The molecule has 2 aliphatic heterocycles.